The first-order valence-corrected chi connectivity index (χ1v) is 8.36. The summed E-state index contributed by atoms with van der Waals surface area (Å²) in [5, 5.41) is 3.66. The molecule has 1 aliphatic rings. The highest BCUT2D eigenvalue weighted by Crippen LogP contribution is 2.30. The van der Waals surface area contributed by atoms with Gasteiger partial charge < -0.3 is 10.1 Å². The lowest BCUT2D eigenvalue weighted by molar-refractivity contribution is 0.179. The van der Waals surface area contributed by atoms with Crippen LogP contribution < -0.4 is 10.1 Å². The van der Waals surface area contributed by atoms with E-state index >= 15 is 0 Å². The molecule has 1 saturated carbocycles. The molecule has 2 rings (SSSR count). The highest BCUT2D eigenvalue weighted by molar-refractivity contribution is 9.10. The number of ether oxygens (including phenoxy) is 1. The van der Waals surface area contributed by atoms with Gasteiger partial charge in [0.05, 0.1) is 6.61 Å². The third kappa shape index (κ3) is 5.45. The monoisotopic (exact) mass is 339 g/mol. The van der Waals surface area contributed by atoms with E-state index in [4.69, 9.17) is 4.74 Å². The summed E-state index contributed by atoms with van der Waals surface area (Å²) in [6.45, 7) is 8.86. The molecule has 0 bridgehead atoms. The second-order valence-corrected chi connectivity index (χ2v) is 7.76. The largest absolute Gasteiger partial charge is 0.494 e. The first kappa shape index (κ1) is 15.8. The minimum atomic E-state index is 0.322. The number of halogens is 1. The zero-order valence-corrected chi connectivity index (χ0v) is 14.4. The molecule has 1 unspecified atom stereocenters. The van der Waals surface area contributed by atoms with Gasteiger partial charge in [-0.1, -0.05) is 42.8 Å². The van der Waals surface area contributed by atoms with Gasteiger partial charge >= 0.3 is 0 Å². The van der Waals surface area contributed by atoms with Crippen LogP contribution in [-0.2, 0) is 0 Å². The van der Waals surface area contributed by atoms with E-state index in [1.54, 1.807) is 0 Å². The van der Waals surface area contributed by atoms with E-state index in [1.807, 2.05) is 24.3 Å². The van der Waals surface area contributed by atoms with Gasteiger partial charge in [-0.15, -0.1) is 0 Å². The van der Waals surface area contributed by atoms with Crippen molar-refractivity contribution in [1.29, 1.82) is 0 Å². The van der Waals surface area contributed by atoms with Crippen LogP contribution >= 0.6 is 15.9 Å². The summed E-state index contributed by atoms with van der Waals surface area (Å²) in [7, 11) is 0. The summed E-state index contributed by atoms with van der Waals surface area (Å²) < 4.78 is 6.94. The predicted octanol–water partition coefficient (Wildman–Crippen LogP) is 4.63. The van der Waals surface area contributed by atoms with E-state index in [1.165, 1.54) is 12.8 Å². The minimum absolute atomic E-state index is 0.322. The van der Waals surface area contributed by atoms with Gasteiger partial charge in [0.25, 0.3) is 0 Å². The van der Waals surface area contributed by atoms with Gasteiger partial charge in [-0.2, -0.15) is 0 Å². The Morgan fingerprint density at radius 2 is 2.10 bits per heavy atom. The molecule has 1 aromatic carbocycles. The van der Waals surface area contributed by atoms with Crippen LogP contribution in [0, 0.1) is 11.3 Å². The summed E-state index contributed by atoms with van der Waals surface area (Å²) in [5.41, 5.74) is 0.322. The molecule has 2 nitrogen and oxygen atoms in total. The molecule has 1 aromatic rings. The molecular formula is C17H26BrNO. The van der Waals surface area contributed by atoms with Crippen molar-refractivity contribution in [1.82, 2.24) is 5.32 Å². The first-order valence-electron chi connectivity index (χ1n) is 7.57. The van der Waals surface area contributed by atoms with Crippen molar-refractivity contribution in [3.05, 3.63) is 28.7 Å². The van der Waals surface area contributed by atoms with Gasteiger partial charge in [0.2, 0.25) is 0 Å². The Hall–Kier alpha value is -0.540. The molecular weight excluding hydrogens is 314 g/mol. The lowest BCUT2D eigenvalue weighted by atomic mass is 9.79. The number of nitrogens with one attached hydrogen (secondary N) is 1. The van der Waals surface area contributed by atoms with Crippen LogP contribution in [0.3, 0.4) is 0 Å². The standard InChI is InChI=1S/C17H26BrNO/c1-17(2,3)13(12-19-15-7-8-15)9-10-20-16-6-4-5-14(18)11-16/h4-6,11,13,15,19H,7-10,12H2,1-3H3. The van der Waals surface area contributed by atoms with Crippen molar-refractivity contribution in [3.8, 4) is 5.75 Å². The molecule has 20 heavy (non-hydrogen) atoms. The molecule has 0 spiro atoms. The van der Waals surface area contributed by atoms with E-state index in [0.29, 0.717) is 11.3 Å². The minimum Gasteiger partial charge on any atom is -0.494 e. The highest BCUT2D eigenvalue weighted by atomic mass is 79.9. The Bertz CT molecular complexity index is 423. The van der Waals surface area contributed by atoms with Crippen molar-refractivity contribution in [2.45, 2.75) is 46.1 Å². The van der Waals surface area contributed by atoms with Crippen LogP contribution in [0.2, 0.25) is 0 Å². The lowest BCUT2D eigenvalue weighted by Gasteiger charge is -2.31. The molecule has 0 heterocycles. The maximum atomic E-state index is 5.88. The third-order valence-electron chi connectivity index (χ3n) is 3.99. The normalized spacial score (nSPS) is 17.0. The Morgan fingerprint density at radius 1 is 1.35 bits per heavy atom. The fourth-order valence-electron chi connectivity index (χ4n) is 2.31. The number of hydrogen-bond donors (Lipinski definition) is 1. The van der Waals surface area contributed by atoms with E-state index in [2.05, 4.69) is 42.0 Å². The van der Waals surface area contributed by atoms with E-state index in [-0.39, 0.29) is 0 Å². The number of hydrogen-bond acceptors (Lipinski definition) is 2. The molecule has 1 aliphatic carbocycles. The van der Waals surface area contributed by atoms with Crippen molar-refractivity contribution < 1.29 is 4.74 Å². The van der Waals surface area contributed by atoms with Gasteiger partial charge in [-0.05, 0) is 55.3 Å². The van der Waals surface area contributed by atoms with Gasteiger partial charge in [-0.3, -0.25) is 0 Å². The Morgan fingerprint density at radius 3 is 2.70 bits per heavy atom. The number of benzene rings is 1. The van der Waals surface area contributed by atoms with Crippen LogP contribution in [0.25, 0.3) is 0 Å². The zero-order valence-electron chi connectivity index (χ0n) is 12.8. The quantitative estimate of drug-likeness (QED) is 0.781. The maximum Gasteiger partial charge on any atom is 0.120 e. The van der Waals surface area contributed by atoms with Crippen molar-refractivity contribution in [2.24, 2.45) is 11.3 Å². The van der Waals surface area contributed by atoms with Crippen LogP contribution in [0.15, 0.2) is 28.7 Å². The van der Waals surface area contributed by atoms with E-state index < -0.39 is 0 Å². The SMILES string of the molecule is CC(C)(C)C(CCOc1cccc(Br)c1)CNC1CC1. The summed E-state index contributed by atoms with van der Waals surface area (Å²) in [6, 6.07) is 8.85. The van der Waals surface area contributed by atoms with Gasteiger partial charge in [0.15, 0.2) is 0 Å². The van der Waals surface area contributed by atoms with E-state index in [9.17, 15) is 0 Å². The van der Waals surface area contributed by atoms with Gasteiger partial charge in [0.1, 0.15) is 5.75 Å². The Kier molecular flexibility index (Phi) is 5.50. The Balaban J connectivity index is 1.78. The van der Waals surface area contributed by atoms with Gasteiger partial charge in [-0.25, -0.2) is 0 Å². The third-order valence-corrected chi connectivity index (χ3v) is 4.48. The molecule has 0 aromatic heterocycles. The Labute approximate surface area is 131 Å². The molecule has 0 amide bonds. The fourth-order valence-corrected chi connectivity index (χ4v) is 2.69. The number of rotatable bonds is 7. The maximum absolute atomic E-state index is 5.88. The molecule has 0 aliphatic heterocycles. The molecule has 1 fully saturated rings. The average molecular weight is 340 g/mol. The molecule has 3 heteroatoms. The second-order valence-electron chi connectivity index (χ2n) is 6.84. The van der Waals surface area contributed by atoms with E-state index in [0.717, 1.165) is 35.8 Å². The van der Waals surface area contributed by atoms with Gasteiger partial charge in [0, 0.05) is 10.5 Å². The summed E-state index contributed by atoms with van der Waals surface area (Å²) in [4.78, 5) is 0. The van der Waals surface area contributed by atoms with Crippen LogP contribution in [0.1, 0.15) is 40.0 Å². The molecule has 112 valence electrons. The molecule has 1 N–H and O–H groups in total. The van der Waals surface area contributed by atoms with Crippen LogP contribution in [0.4, 0.5) is 0 Å². The average Bonchev–Trinajstić information content (AvgIpc) is 3.16. The van der Waals surface area contributed by atoms with Crippen molar-refractivity contribution in [2.75, 3.05) is 13.2 Å². The zero-order chi connectivity index (χ0) is 14.6. The summed E-state index contributed by atoms with van der Waals surface area (Å²) in [5.74, 6) is 1.59. The van der Waals surface area contributed by atoms with Crippen LogP contribution in [-0.4, -0.2) is 19.2 Å². The topological polar surface area (TPSA) is 21.3 Å². The first-order chi connectivity index (χ1) is 9.45. The van der Waals surface area contributed by atoms with Crippen LogP contribution in [0.5, 0.6) is 5.75 Å². The molecule has 1 atom stereocenters. The smallest absolute Gasteiger partial charge is 0.120 e. The van der Waals surface area contributed by atoms with Crippen molar-refractivity contribution >= 4 is 15.9 Å². The van der Waals surface area contributed by atoms with Crippen molar-refractivity contribution in [3.63, 3.8) is 0 Å². The lowest BCUT2D eigenvalue weighted by Crippen LogP contribution is -2.34. The molecule has 0 saturated heterocycles. The highest BCUT2D eigenvalue weighted by Gasteiger charge is 2.27. The molecule has 0 radical (unpaired) electrons. The summed E-state index contributed by atoms with van der Waals surface area (Å²) in [6.07, 6.45) is 3.80. The predicted molar refractivity (Wildman–Crippen MR) is 88.2 cm³/mol. The summed E-state index contributed by atoms with van der Waals surface area (Å²) >= 11 is 3.47. The fraction of sp³-hybridized carbons (Fsp3) is 0.647. The second kappa shape index (κ2) is 6.95.